The van der Waals surface area contributed by atoms with E-state index in [1.807, 2.05) is 0 Å². The van der Waals surface area contributed by atoms with E-state index >= 15 is 0 Å². The lowest BCUT2D eigenvalue weighted by molar-refractivity contribution is -0.384. The lowest BCUT2D eigenvalue weighted by Crippen LogP contribution is -2.50. The summed E-state index contributed by atoms with van der Waals surface area (Å²) in [6.45, 7) is 1.74. The normalized spacial score (nSPS) is 25.7. The van der Waals surface area contributed by atoms with Crippen LogP contribution in [0.2, 0.25) is 0 Å². The quantitative estimate of drug-likeness (QED) is 0.576. The van der Waals surface area contributed by atoms with E-state index in [1.165, 1.54) is 12.1 Å². The highest BCUT2D eigenvalue weighted by molar-refractivity contribution is 8.06. The van der Waals surface area contributed by atoms with E-state index in [0.29, 0.717) is 11.3 Å². The summed E-state index contributed by atoms with van der Waals surface area (Å²) < 4.78 is 26.2. The molecule has 2 aliphatic carbocycles. The predicted octanol–water partition coefficient (Wildman–Crippen LogP) is 3.88. The van der Waals surface area contributed by atoms with E-state index in [1.54, 1.807) is 13.0 Å². The Labute approximate surface area is 159 Å². The number of amidine groups is 1. The van der Waals surface area contributed by atoms with E-state index in [0.717, 1.165) is 51.4 Å². The topological polar surface area (TPSA) is 92.9 Å². The predicted molar refractivity (Wildman–Crippen MR) is 104 cm³/mol. The van der Waals surface area contributed by atoms with E-state index < -0.39 is 14.8 Å². The fourth-order valence-corrected chi connectivity index (χ4v) is 7.21. The van der Waals surface area contributed by atoms with Crippen molar-refractivity contribution in [1.29, 1.82) is 0 Å². The number of aliphatic imine (C=N–C) groups is 1. The Kier molecular flexibility index (Phi) is 4.49. The van der Waals surface area contributed by atoms with Gasteiger partial charge < -0.3 is 4.90 Å². The zero-order chi connectivity index (χ0) is 19.2. The van der Waals surface area contributed by atoms with E-state index in [-0.39, 0.29) is 28.2 Å². The smallest absolute Gasteiger partial charge is 0.269 e. The first kappa shape index (κ1) is 18.4. The van der Waals surface area contributed by atoms with Gasteiger partial charge in [-0.3, -0.25) is 10.1 Å². The van der Waals surface area contributed by atoms with Crippen LogP contribution in [0.4, 0.5) is 11.4 Å². The van der Waals surface area contributed by atoms with Gasteiger partial charge in [-0.2, -0.15) is 0 Å². The summed E-state index contributed by atoms with van der Waals surface area (Å²) in [5.74, 6) is 0.154. The summed E-state index contributed by atoms with van der Waals surface area (Å²) in [6.07, 6.45) is 8.19. The molecular formula is C19H25N3O4S. The standard InChI is InChI=1S/C19H25N3O4S/c1-14-12-16(22(23)24)8-9-17(14)20-18-21(15-6-2-3-7-15)19(10-4-5-11-19)13-27(18,25)26/h8-9,12,15H,2-7,10-11,13H2,1H3/b20-18+. The van der Waals surface area contributed by atoms with Gasteiger partial charge in [0.2, 0.25) is 15.0 Å². The first-order valence-electron chi connectivity index (χ1n) is 9.68. The number of benzene rings is 1. The molecule has 0 atom stereocenters. The van der Waals surface area contributed by atoms with Crippen molar-refractivity contribution in [2.45, 2.75) is 69.9 Å². The van der Waals surface area contributed by atoms with Crippen molar-refractivity contribution in [2.24, 2.45) is 4.99 Å². The van der Waals surface area contributed by atoms with Gasteiger partial charge in [0, 0.05) is 18.2 Å². The SMILES string of the molecule is Cc1cc([N+](=O)[O-])ccc1/N=C1\N(C2CCCC2)C2(CCCC2)CS1(=O)=O. The first-order valence-corrected chi connectivity index (χ1v) is 11.3. The van der Waals surface area contributed by atoms with Crippen LogP contribution in [0.15, 0.2) is 23.2 Å². The van der Waals surface area contributed by atoms with Gasteiger partial charge in [0.05, 0.1) is 21.9 Å². The number of aryl methyl sites for hydroxylation is 1. The van der Waals surface area contributed by atoms with Gasteiger partial charge >= 0.3 is 0 Å². The molecule has 1 heterocycles. The second-order valence-corrected chi connectivity index (χ2v) is 10.0. The van der Waals surface area contributed by atoms with Crippen molar-refractivity contribution in [3.8, 4) is 0 Å². The Morgan fingerprint density at radius 3 is 2.44 bits per heavy atom. The number of hydrogen-bond acceptors (Lipinski definition) is 5. The average molecular weight is 391 g/mol. The van der Waals surface area contributed by atoms with Crippen LogP contribution in [0.1, 0.15) is 56.9 Å². The van der Waals surface area contributed by atoms with Crippen molar-refractivity contribution in [2.75, 3.05) is 5.75 Å². The average Bonchev–Trinajstić information content (AvgIpc) is 3.31. The van der Waals surface area contributed by atoms with Crippen molar-refractivity contribution in [3.05, 3.63) is 33.9 Å². The monoisotopic (exact) mass is 391 g/mol. The molecule has 0 radical (unpaired) electrons. The van der Waals surface area contributed by atoms with Crippen molar-refractivity contribution < 1.29 is 13.3 Å². The number of non-ortho nitro benzene ring substituents is 1. The largest absolute Gasteiger partial charge is 0.337 e. The molecule has 146 valence electrons. The number of nitro groups is 1. The summed E-state index contributed by atoms with van der Waals surface area (Å²) >= 11 is 0. The van der Waals surface area contributed by atoms with Gasteiger partial charge in [-0.15, -0.1) is 0 Å². The Balaban J connectivity index is 1.81. The summed E-state index contributed by atoms with van der Waals surface area (Å²) in [4.78, 5) is 17.3. The Morgan fingerprint density at radius 2 is 1.85 bits per heavy atom. The van der Waals surface area contributed by atoms with Gasteiger partial charge in [0.1, 0.15) is 0 Å². The van der Waals surface area contributed by atoms with E-state index in [4.69, 9.17) is 0 Å². The summed E-state index contributed by atoms with van der Waals surface area (Å²) in [5.41, 5.74) is 0.801. The molecule has 0 N–H and O–H groups in total. The lowest BCUT2D eigenvalue weighted by atomic mass is 9.95. The molecule has 3 aliphatic rings. The molecule has 7 nitrogen and oxygen atoms in total. The number of nitro benzene ring substituents is 1. The van der Waals surface area contributed by atoms with Gasteiger partial charge in [0.25, 0.3) is 5.69 Å². The van der Waals surface area contributed by atoms with Crippen LogP contribution < -0.4 is 0 Å². The highest BCUT2D eigenvalue weighted by Crippen LogP contribution is 2.46. The number of rotatable bonds is 3. The highest BCUT2D eigenvalue weighted by atomic mass is 32.2. The minimum Gasteiger partial charge on any atom is -0.337 e. The molecule has 1 aliphatic heterocycles. The van der Waals surface area contributed by atoms with Crippen LogP contribution >= 0.6 is 0 Å². The fraction of sp³-hybridized carbons (Fsp3) is 0.632. The maximum Gasteiger partial charge on any atom is 0.269 e. The van der Waals surface area contributed by atoms with Gasteiger partial charge in [-0.1, -0.05) is 25.7 Å². The molecule has 1 aromatic rings. The molecule has 1 spiro atoms. The molecule has 3 fully saturated rings. The fourth-order valence-electron chi connectivity index (χ4n) is 5.07. The number of nitrogens with zero attached hydrogens (tertiary/aromatic N) is 3. The van der Waals surface area contributed by atoms with Crippen molar-refractivity contribution in [1.82, 2.24) is 4.90 Å². The third-order valence-corrected chi connectivity index (χ3v) is 8.05. The van der Waals surface area contributed by atoms with Crippen molar-refractivity contribution >= 4 is 26.4 Å². The summed E-state index contributed by atoms with van der Waals surface area (Å²) in [6, 6.07) is 4.63. The van der Waals surface area contributed by atoms with Gasteiger partial charge in [-0.25, -0.2) is 13.4 Å². The number of hydrogen-bond donors (Lipinski definition) is 0. The van der Waals surface area contributed by atoms with Crippen LogP contribution in [0.3, 0.4) is 0 Å². The van der Waals surface area contributed by atoms with Crippen LogP contribution in [-0.4, -0.2) is 40.7 Å². The van der Waals surface area contributed by atoms with Crippen LogP contribution in [-0.2, 0) is 9.84 Å². The summed E-state index contributed by atoms with van der Waals surface area (Å²) in [5, 5.41) is 11.2. The maximum absolute atomic E-state index is 13.1. The zero-order valence-electron chi connectivity index (χ0n) is 15.6. The lowest BCUT2D eigenvalue weighted by Gasteiger charge is -2.39. The van der Waals surface area contributed by atoms with Gasteiger partial charge in [-0.05, 0) is 44.2 Å². The molecule has 27 heavy (non-hydrogen) atoms. The molecule has 0 unspecified atom stereocenters. The highest BCUT2D eigenvalue weighted by Gasteiger charge is 2.56. The third-order valence-electron chi connectivity index (χ3n) is 6.29. The third kappa shape index (κ3) is 3.13. The van der Waals surface area contributed by atoms with E-state index in [9.17, 15) is 18.5 Å². The molecule has 1 saturated heterocycles. The first-order chi connectivity index (χ1) is 12.8. The molecule has 8 heteroatoms. The van der Waals surface area contributed by atoms with Crippen molar-refractivity contribution in [3.63, 3.8) is 0 Å². The Hall–Kier alpha value is -1.96. The minimum absolute atomic E-state index is 0.00867. The van der Waals surface area contributed by atoms with Gasteiger partial charge in [0.15, 0.2) is 0 Å². The second kappa shape index (κ2) is 6.58. The Morgan fingerprint density at radius 1 is 1.19 bits per heavy atom. The van der Waals surface area contributed by atoms with E-state index in [2.05, 4.69) is 9.89 Å². The molecular weight excluding hydrogens is 366 g/mol. The molecule has 0 aromatic heterocycles. The molecule has 0 amide bonds. The minimum atomic E-state index is -3.46. The maximum atomic E-state index is 13.1. The summed E-state index contributed by atoms with van der Waals surface area (Å²) in [7, 11) is -3.46. The molecule has 2 saturated carbocycles. The molecule has 4 rings (SSSR count). The zero-order valence-corrected chi connectivity index (χ0v) is 16.4. The Bertz CT molecular complexity index is 898. The van der Waals surface area contributed by atoms with Crippen LogP contribution in [0, 0.1) is 17.0 Å². The van der Waals surface area contributed by atoms with Crippen LogP contribution in [0.5, 0.6) is 0 Å². The number of sulfone groups is 1. The molecule has 0 bridgehead atoms. The molecule has 1 aromatic carbocycles. The second-order valence-electron chi connectivity index (χ2n) is 8.12. The van der Waals surface area contributed by atoms with Crippen LogP contribution in [0.25, 0.3) is 0 Å².